The van der Waals surface area contributed by atoms with E-state index < -0.39 is 55.1 Å². The first kappa shape index (κ1) is 29.1. The maximum Gasteiger partial charge on any atom is 0.573 e. The number of nitrogens with one attached hydrogen (secondary N) is 5. The van der Waals surface area contributed by atoms with Crippen LogP contribution in [0.4, 0.5) is 23.2 Å². The summed E-state index contributed by atoms with van der Waals surface area (Å²) >= 11 is 0. The van der Waals surface area contributed by atoms with Gasteiger partial charge in [-0.25, -0.2) is 9.38 Å². The smallest absolute Gasteiger partial charge is 0.469 e. The number of aliphatic imine (C=N–C) groups is 1. The van der Waals surface area contributed by atoms with E-state index in [2.05, 4.69) is 45.9 Å². The zero-order valence-corrected chi connectivity index (χ0v) is 21.5. The Labute approximate surface area is 229 Å². The van der Waals surface area contributed by atoms with E-state index in [4.69, 9.17) is 0 Å². The molecule has 2 unspecified atom stereocenters. The number of hydrogen-bond acceptors (Lipinski definition) is 9. The number of methoxy groups -OCH3 is 1. The molecule has 0 saturated heterocycles. The Morgan fingerprint density at radius 2 is 2.00 bits per heavy atom. The number of halogens is 4. The number of guanidine groups is 1. The molecule has 12 nitrogen and oxygen atoms in total. The van der Waals surface area contributed by atoms with Crippen LogP contribution in [0.25, 0.3) is 10.9 Å². The van der Waals surface area contributed by atoms with Crippen LogP contribution in [0.15, 0.2) is 47.6 Å². The fraction of sp³-hybridized carbons (Fsp3) is 0.320. The van der Waals surface area contributed by atoms with Gasteiger partial charge in [-0.1, -0.05) is 12.1 Å². The standard InChI is InChI=1S/C25H25F4N7O5/c1-40-22(38)8-18(13-3-2-4-16(5-13)41-25(27,28)29)34-21(37)12-30-23(39)14-6-19(17-11-33-36-20(17)7-14)35-24-31-9-15(26)10-32-24/h2-7,11,15,18H,8-10,12H2,1H3,(H,30,39)(H,33,36)(H,34,37)(H2,31,32,35). The number of rotatable bonds is 9. The van der Waals surface area contributed by atoms with E-state index in [9.17, 15) is 31.9 Å². The highest BCUT2D eigenvalue weighted by Gasteiger charge is 2.31. The summed E-state index contributed by atoms with van der Waals surface area (Å²) in [5.41, 5.74) is 1.26. The number of fused-ring (bicyclic) bond motifs is 1. The summed E-state index contributed by atoms with van der Waals surface area (Å²) in [7, 11) is 1.12. The van der Waals surface area contributed by atoms with Crippen molar-refractivity contribution in [1.29, 1.82) is 0 Å². The lowest BCUT2D eigenvalue weighted by Gasteiger charge is -2.20. The Bertz CT molecular complexity index is 1460. The van der Waals surface area contributed by atoms with Gasteiger partial charge >= 0.3 is 12.3 Å². The molecule has 218 valence electrons. The zero-order valence-electron chi connectivity index (χ0n) is 21.5. The molecule has 0 spiro atoms. The molecular formula is C25H25F4N7O5. The van der Waals surface area contributed by atoms with Crippen molar-refractivity contribution in [3.05, 3.63) is 53.7 Å². The molecule has 1 aliphatic heterocycles. The minimum atomic E-state index is -4.93. The molecule has 2 aromatic carbocycles. The largest absolute Gasteiger partial charge is 0.573 e. The Morgan fingerprint density at radius 1 is 1.20 bits per heavy atom. The summed E-state index contributed by atoms with van der Waals surface area (Å²) in [6, 6.07) is 6.73. The van der Waals surface area contributed by atoms with Gasteiger partial charge in [0.15, 0.2) is 5.96 Å². The third kappa shape index (κ3) is 8.06. The van der Waals surface area contributed by atoms with Crippen LogP contribution in [0, 0.1) is 0 Å². The second-order valence-corrected chi connectivity index (χ2v) is 8.85. The van der Waals surface area contributed by atoms with Crippen LogP contribution in [0.2, 0.25) is 0 Å². The number of nitrogens with zero attached hydrogens (tertiary/aromatic N) is 2. The molecule has 0 saturated carbocycles. The van der Waals surface area contributed by atoms with E-state index in [0.29, 0.717) is 22.5 Å². The number of hydrogen-bond donors (Lipinski definition) is 5. The van der Waals surface area contributed by atoms with Crippen LogP contribution in [0.5, 0.6) is 5.75 Å². The van der Waals surface area contributed by atoms with E-state index in [1.54, 1.807) is 0 Å². The summed E-state index contributed by atoms with van der Waals surface area (Å²) in [4.78, 5) is 41.6. The fourth-order valence-electron chi connectivity index (χ4n) is 3.95. The van der Waals surface area contributed by atoms with Crippen molar-refractivity contribution in [2.24, 2.45) is 4.99 Å². The first-order valence-corrected chi connectivity index (χ1v) is 12.2. The highest BCUT2D eigenvalue weighted by Crippen LogP contribution is 2.27. The summed E-state index contributed by atoms with van der Waals surface area (Å²) in [6.07, 6.45) is -4.90. The Kier molecular flexibility index (Phi) is 8.89. The van der Waals surface area contributed by atoms with E-state index in [0.717, 1.165) is 19.2 Å². The van der Waals surface area contributed by atoms with Gasteiger partial charge in [0.2, 0.25) is 5.91 Å². The van der Waals surface area contributed by atoms with Crippen LogP contribution < -0.4 is 26.0 Å². The van der Waals surface area contributed by atoms with Gasteiger partial charge in [0.25, 0.3) is 5.91 Å². The number of ether oxygens (including phenoxy) is 2. The second kappa shape index (κ2) is 12.5. The summed E-state index contributed by atoms with van der Waals surface area (Å²) < 4.78 is 59.9. The average molecular weight is 580 g/mol. The van der Waals surface area contributed by atoms with Gasteiger partial charge in [0.1, 0.15) is 11.9 Å². The summed E-state index contributed by atoms with van der Waals surface area (Å²) in [5, 5.41) is 18.2. The predicted molar refractivity (Wildman–Crippen MR) is 138 cm³/mol. The molecule has 16 heteroatoms. The number of benzene rings is 2. The average Bonchev–Trinajstić information content (AvgIpc) is 3.41. The molecule has 0 fully saturated rings. The molecule has 41 heavy (non-hydrogen) atoms. The molecule has 0 bridgehead atoms. The van der Waals surface area contributed by atoms with Gasteiger partial charge in [-0.3, -0.25) is 19.5 Å². The number of aromatic nitrogens is 2. The summed E-state index contributed by atoms with van der Waals surface area (Å²) in [6.45, 7) is -0.465. The second-order valence-electron chi connectivity index (χ2n) is 8.85. The number of alkyl halides is 4. The molecule has 0 aliphatic carbocycles. The Balaban J connectivity index is 1.44. The SMILES string of the molecule is COC(=O)CC(NC(=O)CNC(=O)c1cc(NC2=NCC(F)CN2)c2cn[nH]c2c1)c1cccc(OC(F)(F)F)c1. The first-order chi connectivity index (χ1) is 19.5. The molecule has 3 aromatic rings. The highest BCUT2D eigenvalue weighted by atomic mass is 19.4. The minimum absolute atomic E-state index is 0.0181. The maximum absolute atomic E-state index is 13.4. The van der Waals surface area contributed by atoms with Gasteiger partial charge in [-0.15, -0.1) is 13.2 Å². The maximum atomic E-state index is 13.4. The monoisotopic (exact) mass is 579 g/mol. The lowest BCUT2D eigenvalue weighted by Crippen LogP contribution is -2.41. The van der Waals surface area contributed by atoms with E-state index in [1.807, 2.05) is 0 Å². The molecule has 1 aliphatic rings. The fourth-order valence-corrected chi connectivity index (χ4v) is 3.95. The van der Waals surface area contributed by atoms with Crippen molar-refractivity contribution in [3.8, 4) is 5.75 Å². The van der Waals surface area contributed by atoms with Crippen LogP contribution in [0.3, 0.4) is 0 Å². The Hall–Kier alpha value is -4.89. The number of amides is 2. The number of aromatic amines is 1. The third-order valence-electron chi connectivity index (χ3n) is 5.85. The minimum Gasteiger partial charge on any atom is -0.469 e. The van der Waals surface area contributed by atoms with E-state index in [1.165, 1.54) is 30.5 Å². The molecular weight excluding hydrogens is 554 g/mol. The van der Waals surface area contributed by atoms with Gasteiger partial charge in [0.05, 0.1) is 56.6 Å². The van der Waals surface area contributed by atoms with Crippen molar-refractivity contribution in [2.45, 2.75) is 25.0 Å². The molecule has 0 radical (unpaired) electrons. The number of anilines is 1. The van der Waals surface area contributed by atoms with Gasteiger partial charge in [-0.05, 0) is 29.8 Å². The third-order valence-corrected chi connectivity index (χ3v) is 5.85. The predicted octanol–water partition coefficient (Wildman–Crippen LogP) is 2.32. The number of esters is 1. The molecule has 1 aromatic heterocycles. The van der Waals surface area contributed by atoms with Gasteiger partial charge in [-0.2, -0.15) is 5.10 Å². The van der Waals surface area contributed by atoms with Gasteiger partial charge < -0.3 is 30.7 Å². The van der Waals surface area contributed by atoms with Crippen molar-refractivity contribution in [2.75, 3.05) is 32.1 Å². The van der Waals surface area contributed by atoms with Crippen LogP contribution in [0.1, 0.15) is 28.4 Å². The number of carbonyl (C=O) groups excluding carboxylic acids is 3. The van der Waals surface area contributed by atoms with Crippen molar-refractivity contribution in [1.82, 2.24) is 26.1 Å². The van der Waals surface area contributed by atoms with Crippen LogP contribution in [-0.4, -0.2) is 73.2 Å². The molecule has 5 N–H and O–H groups in total. The topological polar surface area (TPSA) is 159 Å². The van der Waals surface area contributed by atoms with E-state index >= 15 is 0 Å². The lowest BCUT2D eigenvalue weighted by molar-refractivity contribution is -0.274. The normalized spacial score (nSPS) is 15.7. The zero-order chi connectivity index (χ0) is 29.6. The van der Waals surface area contributed by atoms with Crippen molar-refractivity contribution in [3.63, 3.8) is 0 Å². The highest BCUT2D eigenvalue weighted by molar-refractivity contribution is 6.07. The Morgan fingerprint density at radius 3 is 2.71 bits per heavy atom. The van der Waals surface area contributed by atoms with Crippen LogP contribution >= 0.6 is 0 Å². The quantitative estimate of drug-likeness (QED) is 0.191. The first-order valence-electron chi connectivity index (χ1n) is 12.2. The van der Waals surface area contributed by atoms with Crippen LogP contribution in [-0.2, 0) is 14.3 Å². The summed E-state index contributed by atoms with van der Waals surface area (Å²) in [5.74, 6) is -2.30. The lowest BCUT2D eigenvalue weighted by atomic mass is 10.0. The molecule has 4 rings (SSSR count). The number of carbonyl (C=O) groups is 3. The van der Waals surface area contributed by atoms with Gasteiger partial charge in [0, 0.05) is 10.9 Å². The molecule has 2 amide bonds. The van der Waals surface area contributed by atoms with Crippen molar-refractivity contribution < 1.29 is 41.4 Å². The van der Waals surface area contributed by atoms with Crippen molar-refractivity contribution >= 4 is 40.3 Å². The molecule has 2 atom stereocenters. The van der Waals surface area contributed by atoms with E-state index in [-0.39, 0.29) is 24.2 Å². The molecule has 2 heterocycles. The number of H-pyrrole nitrogens is 1.